The van der Waals surface area contributed by atoms with Crippen molar-refractivity contribution in [1.82, 2.24) is 0 Å². The summed E-state index contributed by atoms with van der Waals surface area (Å²) in [5.41, 5.74) is 2.24. The minimum absolute atomic E-state index is 0.339. The van der Waals surface area contributed by atoms with Crippen molar-refractivity contribution in [3.8, 4) is 0 Å². The molecule has 1 unspecified atom stereocenters. The summed E-state index contributed by atoms with van der Waals surface area (Å²) in [4.78, 5) is 13.4. The lowest BCUT2D eigenvalue weighted by atomic mass is 9.92. The van der Waals surface area contributed by atoms with Gasteiger partial charge in [-0.15, -0.1) is 0 Å². The van der Waals surface area contributed by atoms with E-state index in [1.807, 2.05) is 18.2 Å². The number of hydrogen-bond donors (Lipinski definition) is 1. The average Bonchev–Trinajstić information content (AvgIpc) is 2.50. The highest BCUT2D eigenvalue weighted by atomic mass is 16.5. The predicted octanol–water partition coefficient (Wildman–Crippen LogP) is 1.80. The number of fused-ring (bicyclic) bond motifs is 1. The number of hydrogen-bond acceptors (Lipinski definition) is 4. The number of anilines is 1. The molecule has 1 aromatic carbocycles. The topological polar surface area (TPSA) is 59.0 Å². The van der Waals surface area contributed by atoms with Crippen molar-refractivity contribution in [2.75, 3.05) is 44.9 Å². The molecule has 1 aliphatic rings. The Hall–Kier alpha value is -1.59. The summed E-state index contributed by atoms with van der Waals surface area (Å²) in [6.45, 7) is 3.24. The zero-order valence-electron chi connectivity index (χ0n) is 12.5. The molecule has 0 radical (unpaired) electrons. The molecule has 1 heterocycles. The second-order valence-electron chi connectivity index (χ2n) is 5.27. The Kier molecular flexibility index (Phi) is 6.02. The van der Waals surface area contributed by atoms with Crippen LogP contribution in [0.15, 0.2) is 24.3 Å². The van der Waals surface area contributed by atoms with Crippen LogP contribution in [0.4, 0.5) is 5.69 Å². The fourth-order valence-corrected chi connectivity index (χ4v) is 2.65. The highest BCUT2D eigenvalue weighted by molar-refractivity contribution is 5.73. The van der Waals surface area contributed by atoms with Gasteiger partial charge in [-0.25, -0.2) is 0 Å². The van der Waals surface area contributed by atoms with Crippen LogP contribution in [0, 0.1) is 5.92 Å². The first kappa shape index (κ1) is 15.8. The molecule has 0 spiro atoms. The Labute approximate surface area is 125 Å². The summed E-state index contributed by atoms with van der Waals surface area (Å²) in [5.74, 6) is -1.07. The number of benzene rings is 1. The van der Waals surface area contributed by atoms with Crippen LogP contribution in [0.2, 0.25) is 0 Å². The van der Waals surface area contributed by atoms with E-state index in [9.17, 15) is 9.90 Å². The van der Waals surface area contributed by atoms with Gasteiger partial charge in [-0.2, -0.15) is 0 Å². The van der Waals surface area contributed by atoms with Crippen molar-refractivity contribution in [3.63, 3.8) is 0 Å². The summed E-state index contributed by atoms with van der Waals surface area (Å²) >= 11 is 0. The van der Waals surface area contributed by atoms with Crippen LogP contribution in [0.1, 0.15) is 12.0 Å². The molecule has 1 aromatic rings. The monoisotopic (exact) mass is 293 g/mol. The molecule has 116 valence electrons. The molecule has 0 aliphatic carbocycles. The molecule has 0 aromatic heterocycles. The SMILES string of the molecule is COCCCOCCN1CC(C(=O)O)Cc2ccccc21. The molecular formula is C16H23NO4. The van der Waals surface area contributed by atoms with Gasteiger partial charge in [-0.3, -0.25) is 4.79 Å². The van der Waals surface area contributed by atoms with Gasteiger partial charge < -0.3 is 19.5 Å². The maximum absolute atomic E-state index is 11.3. The van der Waals surface area contributed by atoms with Crippen molar-refractivity contribution in [2.45, 2.75) is 12.8 Å². The Balaban J connectivity index is 1.90. The van der Waals surface area contributed by atoms with Gasteiger partial charge in [0.15, 0.2) is 0 Å². The third-order valence-electron chi connectivity index (χ3n) is 3.73. The van der Waals surface area contributed by atoms with Crippen molar-refractivity contribution < 1.29 is 19.4 Å². The van der Waals surface area contributed by atoms with E-state index in [1.165, 1.54) is 0 Å². The number of para-hydroxylation sites is 1. The second-order valence-corrected chi connectivity index (χ2v) is 5.27. The van der Waals surface area contributed by atoms with Gasteiger partial charge in [-0.05, 0) is 24.5 Å². The third kappa shape index (κ3) is 4.44. The number of nitrogens with zero attached hydrogens (tertiary/aromatic N) is 1. The first-order chi connectivity index (χ1) is 10.2. The van der Waals surface area contributed by atoms with Crippen LogP contribution in [-0.2, 0) is 20.7 Å². The lowest BCUT2D eigenvalue weighted by Gasteiger charge is -2.34. The number of aliphatic carboxylic acids is 1. The van der Waals surface area contributed by atoms with E-state index >= 15 is 0 Å². The van der Waals surface area contributed by atoms with E-state index in [0.717, 1.165) is 17.7 Å². The summed E-state index contributed by atoms with van der Waals surface area (Å²) in [5, 5.41) is 9.28. The molecule has 0 bridgehead atoms. The zero-order valence-corrected chi connectivity index (χ0v) is 12.5. The van der Waals surface area contributed by atoms with E-state index in [1.54, 1.807) is 7.11 Å². The Morgan fingerprint density at radius 1 is 1.33 bits per heavy atom. The first-order valence-corrected chi connectivity index (χ1v) is 7.34. The fourth-order valence-electron chi connectivity index (χ4n) is 2.65. The molecule has 1 aliphatic heterocycles. The van der Waals surface area contributed by atoms with E-state index in [-0.39, 0.29) is 5.92 Å². The molecule has 1 atom stereocenters. The van der Waals surface area contributed by atoms with Crippen molar-refractivity contribution in [2.24, 2.45) is 5.92 Å². The molecule has 0 amide bonds. The van der Waals surface area contributed by atoms with E-state index in [0.29, 0.717) is 39.3 Å². The number of methoxy groups -OCH3 is 1. The molecule has 5 heteroatoms. The minimum Gasteiger partial charge on any atom is -0.481 e. The second kappa shape index (κ2) is 8.00. The maximum atomic E-state index is 11.3. The zero-order chi connectivity index (χ0) is 15.1. The summed E-state index contributed by atoms with van der Waals surface area (Å²) in [6.07, 6.45) is 1.49. The number of carbonyl (C=O) groups is 1. The molecule has 21 heavy (non-hydrogen) atoms. The Bertz CT molecular complexity index is 463. The quantitative estimate of drug-likeness (QED) is 0.741. The van der Waals surface area contributed by atoms with E-state index in [2.05, 4.69) is 11.0 Å². The van der Waals surface area contributed by atoms with Crippen LogP contribution in [0.25, 0.3) is 0 Å². The van der Waals surface area contributed by atoms with Crippen LogP contribution in [-0.4, -0.2) is 51.1 Å². The van der Waals surface area contributed by atoms with Crippen LogP contribution in [0.3, 0.4) is 0 Å². The largest absolute Gasteiger partial charge is 0.481 e. The lowest BCUT2D eigenvalue weighted by molar-refractivity contribution is -0.141. The highest BCUT2D eigenvalue weighted by Crippen LogP contribution is 2.29. The van der Waals surface area contributed by atoms with E-state index in [4.69, 9.17) is 9.47 Å². The smallest absolute Gasteiger partial charge is 0.308 e. The highest BCUT2D eigenvalue weighted by Gasteiger charge is 2.28. The number of rotatable bonds is 8. The maximum Gasteiger partial charge on any atom is 0.308 e. The first-order valence-electron chi connectivity index (χ1n) is 7.34. The van der Waals surface area contributed by atoms with Crippen LogP contribution < -0.4 is 4.90 Å². The van der Waals surface area contributed by atoms with Gasteiger partial charge in [0, 0.05) is 39.1 Å². The van der Waals surface area contributed by atoms with Gasteiger partial charge in [-0.1, -0.05) is 18.2 Å². The number of carboxylic acid groups (broad SMARTS) is 1. The average molecular weight is 293 g/mol. The molecular weight excluding hydrogens is 270 g/mol. The van der Waals surface area contributed by atoms with Gasteiger partial charge >= 0.3 is 5.97 Å². The van der Waals surface area contributed by atoms with Crippen molar-refractivity contribution in [1.29, 1.82) is 0 Å². The van der Waals surface area contributed by atoms with Gasteiger partial charge in [0.2, 0.25) is 0 Å². The molecule has 2 rings (SSSR count). The minimum atomic E-state index is -0.726. The van der Waals surface area contributed by atoms with Crippen LogP contribution >= 0.6 is 0 Å². The van der Waals surface area contributed by atoms with E-state index < -0.39 is 5.97 Å². The van der Waals surface area contributed by atoms with Gasteiger partial charge in [0.05, 0.1) is 12.5 Å². The standard InChI is InChI=1S/C16H23NO4/c1-20-8-4-9-21-10-7-17-12-14(16(18)19)11-13-5-2-3-6-15(13)17/h2-3,5-6,14H,4,7-12H2,1H3,(H,18,19). The van der Waals surface area contributed by atoms with Crippen molar-refractivity contribution in [3.05, 3.63) is 29.8 Å². The summed E-state index contributed by atoms with van der Waals surface area (Å²) < 4.78 is 10.5. The van der Waals surface area contributed by atoms with Gasteiger partial charge in [0.25, 0.3) is 0 Å². The normalized spacial score (nSPS) is 17.6. The summed E-state index contributed by atoms with van der Waals surface area (Å²) in [7, 11) is 1.68. The number of carboxylic acids is 1. The van der Waals surface area contributed by atoms with Crippen LogP contribution in [0.5, 0.6) is 0 Å². The third-order valence-corrected chi connectivity index (χ3v) is 3.73. The lowest BCUT2D eigenvalue weighted by Crippen LogP contribution is -2.40. The molecule has 0 saturated carbocycles. The molecule has 5 nitrogen and oxygen atoms in total. The Morgan fingerprint density at radius 2 is 2.14 bits per heavy atom. The molecule has 0 saturated heterocycles. The summed E-state index contributed by atoms with van der Waals surface area (Å²) in [6, 6.07) is 8.02. The number of ether oxygens (including phenoxy) is 2. The molecule has 1 N–H and O–H groups in total. The Morgan fingerprint density at radius 3 is 2.90 bits per heavy atom. The van der Waals surface area contributed by atoms with Gasteiger partial charge in [0.1, 0.15) is 0 Å². The predicted molar refractivity (Wildman–Crippen MR) is 80.8 cm³/mol. The van der Waals surface area contributed by atoms with Crippen molar-refractivity contribution >= 4 is 11.7 Å². The molecule has 0 fully saturated rings. The fraction of sp³-hybridized carbons (Fsp3) is 0.562.